The Morgan fingerprint density at radius 1 is 1.42 bits per heavy atom. The molecule has 100 valence electrons. The highest BCUT2D eigenvalue weighted by Gasteiger charge is 2.13. The molecule has 0 spiro atoms. The van der Waals surface area contributed by atoms with Crippen LogP contribution in [0.25, 0.3) is 0 Å². The number of hydrogen-bond acceptors (Lipinski definition) is 6. The van der Waals surface area contributed by atoms with Gasteiger partial charge in [-0.2, -0.15) is 0 Å². The number of hydrogen-bond donors (Lipinski definition) is 2. The lowest BCUT2D eigenvalue weighted by Gasteiger charge is -2.11. The van der Waals surface area contributed by atoms with E-state index < -0.39 is 0 Å². The second-order valence-electron chi connectivity index (χ2n) is 4.26. The van der Waals surface area contributed by atoms with Crippen molar-refractivity contribution >= 4 is 23.2 Å². The Morgan fingerprint density at radius 2 is 2.16 bits per heavy atom. The number of anilines is 1. The number of nitrogens with one attached hydrogen (secondary N) is 1. The number of rotatable bonds is 4. The van der Waals surface area contributed by atoms with Crippen LogP contribution in [0.4, 0.5) is 5.95 Å². The van der Waals surface area contributed by atoms with Crippen LogP contribution in [0.15, 0.2) is 16.7 Å². The lowest BCUT2D eigenvalue weighted by Crippen LogP contribution is -2.16. The first-order valence-electron chi connectivity index (χ1n) is 5.80. The molecule has 1 unspecified atom stereocenters. The smallest absolute Gasteiger partial charge is 0.224 e. The molecule has 7 heteroatoms. The molecule has 0 saturated heterocycles. The molecule has 3 N–H and O–H groups in total. The van der Waals surface area contributed by atoms with E-state index in [1.165, 1.54) is 0 Å². The Labute approximate surface area is 116 Å². The fourth-order valence-electron chi connectivity index (χ4n) is 1.59. The van der Waals surface area contributed by atoms with E-state index in [2.05, 4.69) is 20.3 Å². The van der Waals surface area contributed by atoms with Crippen LogP contribution in [0, 0.1) is 13.8 Å². The first kappa shape index (κ1) is 13.4. The number of thiocarbonyl (C=S) groups is 1. The lowest BCUT2D eigenvalue weighted by atomic mass is 10.3. The molecule has 0 bridgehead atoms. The molecule has 0 fully saturated rings. The van der Waals surface area contributed by atoms with Crippen LogP contribution in [0.1, 0.15) is 36.0 Å². The third kappa shape index (κ3) is 3.25. The molecule has 2 rings (SSSR count). The van der Waals surface area contributed by atoms with E-state index in [4.69, 9.17) is 22.4 Å². The van der Waals surface area contributed by atoms with Crippen LogP contribution in [-0.4, -0.2) is 19.9 Å². The molecule has 6 nitrogen and oxygen atoms in total. The molecule has 1 atom stereocenters. The highest BCUT2D eigenvalue weighted by molar-refractivity contribution is 7.80. The van der Waals surface area contributed by atoms with E-state index in [9.17, 15) is 0 Å². The summed E-state index contributed by atoms with van der Waals surface area (Å²) in [6.07, 6.45) is 1.67. The number of nitrogens with two attached hydrogens (primary N) is 1. The zero-order valence-corrected chi connectivity index (χ0v) is 11.8. The quantitative estimate of drug-likeness (QED) is 0.825. The molecule has 19 heavy (non-hydrogen) atoms. The van der Waals surface area contributed by atoms with Gasteiger partial charge in [0, 0.05) is 5.69 Å². The summed E-state index contributed by atoms with van der Waals surface area (Å²) in [4.78, 5) is 12.9. The first-order valence-corrected chi connectivity index (χ1v) is 6.21. The summed E-state index contributed by atoms with van der Waals surface area (Å²) in [5.74, 6) is 1.79. The zero-order chi connectivity index (χ0) is 14.0. The van der Waals surface area contributed by atoms with Crippen molar-refractivity contribution in [1.29, 1.82) is 0 Å². The maximum absolute atomic E-state index is 5.58. The van der Waals surface area contributed by atoms with Gasteiger partial charge in [0.25, 0.3) is 0 Å². The Balaban J connectivity index is 2.21. The number of oxazole rings is 1. The van der Waals surface area contributed by atoms with Gasteiger partial charge in [-0.15, -0.1) is 0 Å². The van der Waals surface area contributed by atoms with Crippen molar-refractivity contribution in [3.05, 3.63) is 35.3 Å². The normalized spacial score (nSPS) is 12.2. The summed E-state index contributed by atoms with van der Waals surface area (Å²) in [6.45, 7) is 5.61. The third-order valence-corrected chi connectivity index (χ3v) is 2.67. The Hall–Kier alpha value is -2.02. The molecule has 0 aliphatic carbocycles. The summed E-state index contributed by atoms with van der Waals surface area (Å²) in [7, 11) is 0. The first-order chi connectivity index (χ1) is 8.95. The van der Waals surface area contributed by atoms with Crippen molar-refractivity contribution in [1.82, 2.24) is 15.0 Å². The van der Waals surface area contributed by atoms with Gasteiger partial charge < -0.3 is 15.5 Å². The van der Waals surface area contributed by atoms with Crippen molar-refractivity contribution in [3.8, 4) is 0 Å². The maximum atomic E-state index is 5.58. The molecule has 0 amide bonds. The standard InChI is InChI=1S/C12H15N5OS/c1-6-4-9(10(13)19)17-12(15-6)16-8(3)11-14-5-7(2)18-11/h4-5,8H,1-3H3,(H2,13,19)(H,15,16,17). The molecule has 0 radical (unpaired) electrons. The van der Waals surface area contributed by atoms with Crippen LogP contribution < -0.4 is 11.1 Å². The van der Waals surface area contributed by atoms with Crippen molar-refractivity contribution in [2.75, 3.05) is 5.32 Å². The summed E-state index contributed by atoms with van der Waals surface area (Å²) in [6, 6.07) is 1.60. The minimum absolute atomic E-state index is 0.144. The molecular weight excluding hydrogens is 262 g/mol. The van der Waals surface area contributed by atoms with Crippen LogP contribution in [0.3, 0.4) is 0 Å². The summed E-state index contributed by atoms with van der Waals surface area (Å²) < 4.78 is 5.45. The van der Waals surface area contributed by atoms with Crippen molar-refractivity contribution in [2.45, 2.75) is 26.8 Å². The summed E-state index contributed by atoms with van der Waals surface area (Å²) in [5.41, 5.74) is 6.91. The van der Waals surface area contributed by atoms with Gasteiger partial charge in [-0.25, -0.2) is 15.0 Å². The van der Waals surface area contributed by atoms with Gasteiger partial charge in [-0.1, -0.05) is 12.2 Å². The van der Waals surface area contributed by atoms with Crippen molar-refractivity contribution in [2.24, 2.45) is 5.73 Å². The van der Waals surface area contributed by atoms with E-state index in [-0.39, 0.29) is 11.0 Å². The van der Waals surface area contributed by atoms with Gasteiger partial charge in [0.15, 0.2) is 0 Å². The second-order valence-corrected chi connectivity index (χ2v) is 4.70. The largest absolute Gasteiger partial charge is 0.444 e. The fraction of sp³-hybridized carbons (Fsp3) is 0.333. The summed E-state index contributed by atoms with van der Waals surface area (Å²) >= 11 is 4.92. The van der Waals surface area contributed by atoms with Crippen molar-refractivity contribution in [3.63, 3.8) is 0 Å². The topological polar surface area (TPSA) is 89.9 Å². The van der Waals surface area contributed by atoms with Crippen LogP contribution in [0.2, 0.25) is 0 Å². The highest BCUT2D eigenvalue weighted by Crippen LogP contribution is 2.17. The molecule has 0 aliphatic heterocycles. The van der Waals surface area contributed by atoms with Gasteiger partial charge in [0.1, 0.15) is 22.5 Å². The van der Waals surface area contributed by atoms with E-state index in [0.29, 0.717) is 17.5 Å². The molecule has 0 aliphatic rings. The molecule has 0 saturated carbocycles. The van der Waals surface area contributed by atoms with Crippen LogP contribution >= 0.6 is 12.2 Å². The van der Waals surface area contributed by atoms with Gasteiger partial charge in [0.05, 0.1) is 6.20 Å². The van der Waals surface area contributed by atoms with Crippen molar-refractivity contribution < 1.29 is 4.42 Å². The predicted octanol–water partition coefficient (Wildman–Crippen LogP) is 1.89. The van der Waals surface area contributed by atoms with E-state index in [1.807, 2.05) is 20.8 Å². The minimum atomic E-state index is -0.144. The molecule has 0 aromatic carbocycles. The maximum Gasteiger partial charge on any atom is 0.224 e. The van der Waals surface area contributed by atoms with Gasteiger partial charge in [-0.3, -0.25) is 0 Å². The van der Waals surface area contributed by atoms with E-state index in [0.717, 1.165) is 11.5 Å². The Kier molecular flexibility index (Phi) is 3.75. The summed E-state index contributed by atoms with van der Waals surface area (Å²) in [5, 5.41) is 3.11. The Bertz CT molecular complexity index is 610. The van der Waals surface area contributed by atoms with Gasteiger partial charge in [0.2, 0.25) is 11.8 Å². The highest BCUT2D eigenvalue weighted by atomic mass is 32.1. The molecular formula is C12H15N5OS. The zero-order valence-electron chi connectivity index (χ0n) is 11.0. The second kappa shape index (κ2) is 5.31. The van der Waals surface area contributed by atoms with Gasteiger partial charge >= 0.3 is 0 Å². The number of aryl methyl sites for hydroxylation is 2. The molecule has 2 aromatic heterocycles. The number of nitrogens with zero attached hydrogens (tertiary/aromatic N) is 3. The van der Waals surface area contributed by atoms with Gasteiger partial charge in [-0.05, 0) is 26.8 Å². The monoisotopic (exact) mass is 277 g/mol. The Morgan fingerprint density at radius 3 is 2.74 bits per heavy atom. The average Bonchev–Trinajstić information content (AvgIpc) is 2.75. The minimum Gasteiger partial charge on any atom is -0.444 e. The number of aromatic nitrogens is 3. The van der Waals surface area contributed by atoms with Crippen LogP contribution in [0.5, 0.6) is 0 Å². The lowest BCUT2D eigenvalue weighted by molar-refractivity contribution is 0.453. The fourth-order valence-corrected chi connectivity index (χ4v) is 1.69. The SMILES string of the molecule is Cc1cc(C(N)=S)nc(NC(C)c2ncc(C)o2)n1. The van der Waals surface area contributed by atoms with E-state index >= 15 is 0 Å². The predicted molar refractivity (Wildman–Crippen MR) is 75.9 cm³/mol. The average molecular weight is 277 g/mol. The van der Waals surface area contributed by atoms with E-state index in [1.54, 1.807) is 12.3 Å². The molecule has 2 aromatic rings. The van der Waals surface area contributed by atoms with Crippen LogP contribution in [-0.2, 0) is 0 Å². The molecule has 2 heterocycles. The third-order valence-electron chi connectivity index (χ3n) is 2.46.